The molecule has 2 aliphatic heterocycles. The van der Waals surface area contributed by atoms with Crippen LogP contribution in [0.4, 0.5) is 5.69 Å². The molecule has 1 atom stereocenters. The Hall–Kier alpha value is -3.59. The number of methoxy groups -OCH3 is 2. The Balaban J connectivity index is 1.85. The zero-order chi connectivity index (χ0) is 22.0. The second kappa shape index (κ2) is 8.65. The van der Waals surface area contributed by atoms with E-state index in [4.69, 9.17) is 19.4 Å². The topological polar surface area (TPSA) is 96.8 Å². The van der Waals surface area contributed by atoms with E-state index in [2.05, 4.69) is 22.7 Å². The van der Waals surface area contributed by atoms with Crippen LogP contribution in [0.2, 0.25) is 0 Å². The van der Waals surface area contributed by atoms with Gasteiger partial charge in [-0.25, -0.2) is 20.3 Å². The third kappa shape index (κ3) is 4.17. The van der Waals surface area contributed by atoms with Gasteiger partial charge in [0, 0.05) is 23.7 Å². The molecule has 0 radical (unpaired) electrons. The molecule has 2 aromatic rings. The fraction of sp³-hybridized carbons (Fsp3) is 0.318. The molecule has 9 heteroatoms. The summed E-state index contributed by atoms with van der Waals surface area (Å²) in [6.45, 7) is 3.80. The van der Waals surface area contributed by atoms with Crippen molar-refractivity contribution in [3.63, 3.8) is 0 Å². The van der Waals surface area contributed by atoms with Crippen molar-refractivity contribution in [1.82, 2.24) is 10.5 Å². The molecule has 2 aliphatic rings. The molecule has 0 fully saturated rings. The molecule has 0 saturated heterocycles. The van der Waals surface area contributed by atoms with Gasteiger partial charge in [0.25, 0.3) is 0 Å². The number of carbonyl (C=O) groups is 1. The van der Waals surface area contributed by atoms with Crippen LogP contribution in [0.25, 0.3) is 0 Å². The van der Waals surface area contributed by atoms with Crippen molar-refractivity contribution in [3.8, 4) is 11.5 Å². The van der Waals surface area contributed by atoms with E-state index in [-0.39, 0.29) is 18.7 Å². The number of hydrogen-bond donors (Lipinski definition) is 2. The van der Waals surface area contributed by atoms with Crippen LogP contribution in [0.5, 0.6) is 11.5 Å². The molecular weight excluding hydrogens is 398 g/mol. The van der Waals surface area contributed by atoms with Crippen LogP contribution in [0.1, 0.15) is 30.5 Å². The van der Waals surface area contributed by atoms with Crippen molar-refractivity contribution >= 4 is 23.3 Å². The van der Waals surface area contributed by atoms with Crippen molar-refractivity contribution in [2.75, 3.05) is 26.3 Å². The van der Waals surface area contributed by atoms with Gasteiger partial charge < -0.3 is 14.8 Å². The lowest BCUT2D eigenvalue weighted by atomic mass is 9.94. The standard InChI is InChI=1S/C22H25N5O4/c1-13-9-16-10-19(29-3)20(30-4)11-18(16)21(25-27(13)22-23-12-31-26-22)15-5-7-17(8-6-15)24-14(2)28/h5-8,10-11,13H,9,12H2,1-4H3,(H,23,26)(H,24,28). The van der Waals surface area contributed by atoms with Gasteiger partial charge in [-0.3, -0.25) is 4.79 Å². The molecule has 1 unspecified atom stereocenters. The molecule has 1 amide bonds. The molecule has 31 heavy (non-hydrogen) atoms. The van der Waals surface area contributed by atoms with Crippen LogP contribution in [-0.2, 0) is 16.1 Å². The third-order valence-electron chi connectivity index (χ3n) is 5.14. The van der Waals surface area contributed by atoms with Crippen molar-refractivity contribution < 1.29 is 19.1 Å². The second-order valence-corrected chi connectivity index (χ2v) is 7.33. The number of hydrogen-bond acceptors (Lipinski definition) is 8. The molecule has 2 heterocycles. The van der Waals surface area contributed by atoms with Crippen LogP contribution in [0, 0.1) is 0 Å². The smallest absolute Gasteiger partial charge is 0.242 e. The Kier molecular flexibility index (Phi) is 5.77. The van der Waals surface area contributed by atoms with Gasteiger partial charge in [0.15, 0.2) is 18.2 Å². The monoisotopic (exact) mass is 423 g/mol. The van der Waals surface area contributed by atoms with Crippen LogP contribution < -0.4 is 20.3 Å². The van der Waals surface area contributed by atoms with Crippen molar-refractivity contribution in [2.24, 2.45) is 10.1 Å². The van der Waals surface area contributed by atoms with E-state index in [1.54, 1.807) is 14.2 Å². The Bertz CT molecular complexity index is 1050. The fourth-order valence-electron chi connectivity index (χ4n) is 3.70. The number of anilines is 1. The number of amides is 1. The normalized spacial score (nSPS) is 17.7. The van der Waals surface area contributed by atoms with E-state index >= 15 is 0 Å². The molecule has 4 rings (SSSR count). The highest BCUT2D eigenvalue weighted by atomic mass is 16.7. The predicted molar refractivity (Wildman–Crippen MR) is 117 cm³/mol. The Morgan fingerprint density at radius 1 is 1.19 bits per heavy atom. The van der Waals surface area contributed by atoms with E-state index in [9.17, 15) is 4.79 Å². The van der Waals surface area contributed by atoms with Crippen molar-refractivity contribution in [3.05, 3.63) is 53.1 Å². The number of nitrogens with one attached hydrogen (secondary N) is 2. The molecule has 162 valence electrons. The number of aliphatic imine (C=N–C) groups is 1. The summed E-state index contributed by atoms with van der Waals surface area (Å²) in [5.74, 6) is 1.74. The average molecular weight is 423 g/mol. The van der Waals surface area contributed by atoms with E-state index in [0.29, 0.717) is 23.9 Å². The maximum Gasteiger partial charge on any atom is 0.242 e. The number of fused-ring (bicyclic) bond motifs is 1. The quantitative estimate of drug-likeness (QED) is 0.785. The van der Waals surface area contributed by atoms with Crippen LogP contribution in [0.15, 0.2) is 46.5 Å². The fourth-order valence-corrected chi connectivity index (χ4v) is 3.70. The molecule has 2 N–H and O–H groups in total. The summed E-state index contributed by atoms with van der Waals surface area (Å²) in [6.07, 6.45) is 0.716. The highest BCUT2D eigenvalue weighted by Gasteiger charge is 2.29. The van der Waals surface area contributed by atoms with E-state index < -0.39 is 0 Å². The number of hydrazone groups is 1. The molecule has 0 saturated carbocycles. The first-order valence-corrected chi connectivity index (χ1v) is 9.93. The van der Waals surface area contributed by atoms with Gasteiger partial charge in [0.05, 0.1) is 26.0 Å². The van der Waals surface area contributed by atoms with Crippen molar-refractivity contribution in [1.29, 1.82) is 0 Å². The van der Waals surface area contributed by atoms with Gasteiger partial charge in [-0.1, -0.05) is 12.1 Å². The van der Waals surface area contributed by atoms with E-state index in [1.807, 2.05) is 41.4 Å². The van der Waals surface area contributed by atoms with Crippen LogP contribution in [-0.4, -0.2) is 49.6 Å². The van der Waals surface area contributed by atoms with Crippen molar-refractivity contribution in [2.45, 2.75) is 26.3 Å². The highest BCUT2D eigenvalue weighted by Crippen LogP contribution is 2.34. The minimum Gasteiger partial charge on any atom is -0.493 e. The molecule has 9 nitrogen and oxygen atoms in total. The lowest BCUT2D eigenvalue weighted by molar-refractivity contribution is -0.114. The Labute approximate surface area is 180 Å². The first kappa shape index (κ1) is 20.7. The number of ether oxygens (including phenoxy) is 2. The molecule has 0 bridgehead atoms. The summed E-state index contributed by atoms with van der Waals surface area (Å²) >= 11 is 0. The van der Waals surface area contributed by atoms with Crippen LogP contribution in [0.3, 0.4) is 0 Å². The molecule has 0 aromatic heterocycles. The van der Waals surface area contributed by atoms with Crippen LogP contribution >= 0.6 is 0 Å². The lowest BCUT2D eigenvalue weighted by Gasteiger charge is -2.24. The molecular formula is C22H25N5O4. The summed E-state index contributed by atoms with van der Waals surface area (Å²) in [7, 11) is 3.24. The van der Waals surface area contributed by atoms with E-state index in [1.165, 1.54) is 6.92 Å². The van der Waals surface area contributed by atoms with Gasteiger partial charge in [0.2, 0.25) is 11.9 Å². The number of carbonyl (C=O) groups excluding carboxylic acids is 1. The number of rotatable bonds is 4. The Morgan fingerprint density at radius 2 is 1.90 bits per heavy atom. The van der Waals surface area contributed by atoms with Gasteiger partial charge in [-0.05, 0) is 43.2 Å². The Morgan fingerprint density at radius 3 is 2.52 bits per heavy atom. The van der Waals surface area contributed by atoms with Gasteiger partial charge in [-0.2, -0.15) is 5.10 Å². The minimum atomic E-state index is -0.118. The SMILES string of the molecule is COc1cc2c(cc1OC)C(c1ccc(NC(C)=O)cc1)=NN(C1=NCON1)C(C)C2. The first-order chi connectivity index (χ1) is 15.0. The molecule has 0 spiro atoms. The summed E-state index contributed by atoms with van der Waals surface area (Å²) < 4.78 is 11.1. The third-order valence-corrected chi connectivity index (χ3v) is 5.14. The predicted octanol–water partition coefficient (Wildman–Crippen LogP) is 2.51. The zero-order valence-electron chi connectivity index (χ0n) is 17.9. The number of nitrogens with zero attached hydrogens (tertiary/aromatic N) is 3. The van der Waals surface area contributed by atoms with Gasteiger partial charge >= 0.3 is 0 Å². The van der Waals surface area contributed by atoms with Gasteiger partial charge in [-0.15, -0.1) is 0 Å². The number of benzene rings is 2. The summed E-state index contributed by atoms with van der Waals surface area (Å²) in [5, 5.41) is 9.59. The van der Waals surface area contributed by atoms with Gasteiger partial charge in [0.1, 0.15) is 0 Å². The summed E-state index contributed by atoms with van der Waals surface area (Å²) in [4.78, 5) is 20.9. The molecule has 2 aromatic carbocycles. The maximum absolute atomic E-state index is 11.4. The lowest BCUT2D eigenvalue weighted by Crippen LogP contribution is -2.41. The second-order valence-electron chi connectivity index (χ2n) is 7.33. The summed E-state index contributed by atoms with van der Waals surface area (Å²) in [6, 6.07) is 11.5. The minimum absolute atomic E-state index is 0.0148. The largest absolute Gasteiger partial charge is 0.493 e. The number of guanidine groups is 1. The molecule has 0 aliphatic carbocycles. The maximum atomic E-state index is 11.4. The number of hydroxylamine groups is 1. The highest BCUT2D eigenvalue weighted by molar-refractivity contribution is 6.14. The summed E-state index contributed by atoms with van der Waals surface area (Å²) in [5.41, 5.74) is 7.22. The first-order valence-electron chi connectivity index (χ1n) is 9.93. The van der Waals surface area contributed by atoms with E-state index in [0.717, 1.165) is 28.1 Å². The zero-order valence-corrected chi connectivity index (χ0v) is 17.9. The average Bonchev–Trinajstić information content (AvgIpc) is 3.24.